The fourth-order valence-corrected chi connectivity index (χ4v) is 13.9. The van der Waals surface area contributed by atoms with Gasteiger partial charge in [-0.15, -0.1) is 0 Å². The Morgan fingerprint density at radius 3 is 1.63 bits per heavy atom. The van der Waals surface area contributed by atoms with Crippen LogP contribution < -0.4 is 27.0 Å². The number of nitrogens with zero attached hydrogens (tertiary/aromatic N) is 5. The van der Waals surface area contributed by atoms with Crippen LogP contribution in [0.2, 0.25) is 25.1 Å². The zero-order valence-corrected chi connectivity index (χ0v) is 80.5. The molecular weight excluding hydrogens is 1870 g/mol. The Hall–Kier alpha value is -8.49. The van der Waals surface area contributed by atoms with E-state index in [-0.39, 0.29) is 60.5 Å². The molecule has 2 aromatic heterocycles. The standard InChI is InChI=1S/C12H18N2.C11H15ClN2OS.C10H12ClFN2OS.C10H10O.C10H16O.C9H8ClNS.C8H5ClFNS.C8H12O2.C7H5BrClF.C4H4N2O.C2H7NO.C2H3N.CH4/c1-2-10-4-3-5-11(6-10)7-12-8-13-9-14-12;1-8-3-2-4-9(10(8)12)7-14-11(16)13-5-6-15;11-8-3-1-2-7(9(8)12)6-14-10(16)13-4-5-15;11-10-7-3-5-8-4-1-2-6-9(8)10;1-2-9-4-3-5-10(8-9)6-7-11;1-7-3-2-4-8(9(7)10)5-11-6-12;9-7-3-1-2-6(8(7)10)4-12-5-11;1-2-10-8-5-3-4-7(9)6-8;8-4-5-2-1-3-6(9)7(5)10;7-2-4-1-5-3-6-4;3-1-2-4;1-2-3;/h6,8-9,11H,2-5,7H2,1H3,(H,13,14);2-4,15H,5-7H2,1H3,(H2,13,14,16);1-3,15H,4-6H2,(H2,13,14,16);1-2,4,6H,3,5,7H2;7-8,10H,2-6H2,1H3;2-4H,5H2,1H3;1-3H,4H2;6H,2-5H2,1H3;1-3H,4H2;1-3H,(H,5,6);4H,1-3H2;1H3;1H4. The number of nitrogens with one attached hydrogen (secondary N) is 6. The summed E-state index contributed by atoms with van der Waals surface area (Å²) in [5.74, 6) is 1.79. The maximum atomic E-state index is 13.4. The first-order valence-corrected chi connectivity index (χ1v) is 45.9. The van der Waals surface area contributed by atoms with E-state index in [4.69, 9.17) is 119 Å². The van der Waals surface area contributed by atoms with Crippen LogP contribution in [-0.4, -0.2) is 121 Å². The van der Waals surface area contributed by atoms with E-state index in [2.05, 4.69) is 106 Å². The lowest BCUT2D eigenvalue weighted by atomic mass is 9.87. The van der Waals surface area contributed by atoms with E-state index >= 15 is 0 Å². The quantitative estimate of drug-likeness (QED) is 0.00710. The van der Waals surface area contributed by atoms with Crippen LogP contribution in [0.4, 0.5) is 13.2 Å². The summed E-state index contributed by atoms with van der Waals surface area (Å²) in [6.45, 7) is 15.1. The van der Waals surface area contributed by atoms with E-state index in [9.17, 15) is 32.3 Å². The number of isothiocyanates is 1. The Kier molecular flexibility index (Phi) is 70.3. The fourth-order valence-electron chi connectivity index (χ4n) is 11.6. The molecule has 2 unspecified atom stereocenters. The molecule has 0 fully saturated rings. The van der Waals surface area contributed by atoms with Crippen LogP contribution in [0.3, 0.4) is 0 Å². The highest BCUT2D eigenvalue weighted by Gasteiger charge is 2.18. The molecule has 0 radical (unpaired) electrons. The number of allylic oxidation sites excluding steroid dienone is 6. The number of hydrogen-bond acceptors (Lipinski definition) is 18. The van der Waals surface area contributed by atoms with Gasteiger partial charge in [0, 0.05) is 121 Å². The Bertz CT molecular complexity index is 4660. The molecular formula is C94H119BrCl5F3N12O8S4. The van der Waals surface area contributed by atoms with Crippen LogP contribution in [0, 0.1) is 65.1 Å². The van der Waals surface area contributed by atoms with Crippen molar-refractivity contribution < 1.29 is 52.4 Å². The minimum atomic E-state index is -0.443. The average Bonchev–Trinajstić information content (AvgIpc) is 1.10. The third kappa shape index (κ3) is 53.3. The van der Waals surface area contributed by atoms with Crippen LogP contribution in [0.15, 0.2) is 180 Å². The molecule has 33 heteroatoms. The number of aliphatic imine (C=N–C) groups is 1. The maximum absolute atomic E-state index is 13.4. The summed E-state index contributed by atoms with van der Waals surface area (Å²) in [4.78, 5) is 59.4. The molecule has 0 spiro atoms. The van der Waals surface area contributed by atoms with Gasteiger partial charge in [-0.3, -0.25) is 14.4 Å². The van der Waals surface area contributed by atoms with Crippen molar-refractivity contribution in [2.24, 2.45) is 22.6 Å². The van der Waals surface area contributed by atoms with Gasteiger partial charge in [-0.2, -0.15) is 10.5 Å². The first kappa shape index (κ1) is 119. The summed E-state index contributed by atoms with van der Waals surface area (Å²) in [7, 11) is 0. The van der Waals surface area contributed by atoms with Gasteiger partial charge >= 0.3 is 0 Å². The number of aliphatic hydroxyl groups excluding tert-OH is 3. The number of rotatable bonds is 23. The van der Waals surface area contributed by atoms with E-state index in [0.717, 1.165) is 119 Å². The molecule has 6 aromatic carbocycles. The van der Waals surface area contributed by atoms with Gasteiger partial charge in [0.25, 0.3) is 0 Å². The molecule has 0 aliphatic heterocycles. The normalized spacial score (nSPS) is 13.2. The van der Waals surface area contributed by atoms with Crippen molar-refractivity contribution in [1.29, 1.82) is 10.5 Å². The monoisotopic (exact) mass is 1980 g/mol. The zero-order chi connectivity index (χ0) is 93.7. The number of aryl methyl sites for hydroxylation is 3. The molecule has 8 aromatic rings. The van der Waals surface area contributed by atoms with Crippen molar-refractivity contribution in [2.45, 2.75) is 182 Å². The number of aliphatic hydroxyl groups is 3. The van der Waals surface area contributed by atoms with Crippen molar-refractivity contribution in [3.05, 3.63) is 279 Å². The van der Waals surface area contributed by atoms with Crippen LogP contribution in [0.25, 0.3) is 0 Å². The predicted molar refractivity (Wildman–Crippen MR) is 529 cm³/mol. The van der Waals surface area contributed by atoms with E-state index in [1.807, 2.05) is 93.0 Å². The number of aldehydes is 2. The first-order chi connectivity index (χ1) is 60.8. The number of nitrogens with two attached hydrogens (primary N) is 1. The first-order valence-electron chi connectivity index (χ1n) is 40.7. The summed E-state index contributed by atoms with van der Waals surface area (Å²) in [5.41, 5.74) is 17.5. The maximum Gasteiger partial charge on any atom is 0.167 e. The summed E-state index contributed by atoms with van der Waals surface area (Å²) >= 11 is 47.3. The number of thiocarbonyl (C=S) groups is 3. The molecule has 11 N–H and O–H groups in total. The highest BCUT2D eigenvalue weighted by molar-refractivity contribution is 9.08. The number of carbonyl (C=O) groups is 4. The largest absolute Gasteiger partial charge is 0.498 e. The molecule has 4 aliphatic rings. The van der Waals surface area contributed by atoms with Crippen molar-refractivity contribution >= 4 is 162 Å². The number of alkyl halides is 1. The van der Waals surface area contributed by atoms with Crippen LogP contribution in [0.5, 0.6) is 0 Å². The number of thioether (sulfide) groups is 1. The minimum Gasteiger partial charge on any atom is -0.498 e. The number of aromatic nitrogens is 4. The Morgan fingerprint density at radius 2 is 1.15 bits per heavy atom. The molecule has 0 saturated heterocycles. The lowest BCUT2D eigenvalue weighted by molar-refractivity contribution is -0.115. The second-order valence-corrected chi connectivity index (χ2v) is 31.6. The molecule has 20 nitrogen and oxygen atoms in total. The van der Waals surface area contributed by atoms with Crippen molar-refractivity contribution in [1.82, 2.24) is 41.2 Å². The average molecular weight is 1990 g/mol. The molecule has 0 bridgehead atoms. The summed E-state index contributed by atoms with van der Waals surface area (Å²) in [6, 6.07) is 35.9. The molecule has 0 saturated carbocycles. The van der Waals surface area contributed by atoms with Crippen LogP contribution >= 0.6 is 122 Å². The number of thiocyanates is 1. The molecule has 2 atom stereocenters. The van der Waals surface area contributed by atoms with E-state index in [1.165, 1.54) is 93.9 Å². The lowest BCUT2D eigenvalue weighted by Crippen LogP contribution is -2.36. The number of imidazole rings is 2. The molecule has 2 heterocycles. The number of fused-ring (bicyclic) bond motifs is 1. The van der Waals surface area contributed by atoms with Gasteiger partial charge in [0.15, 0.2) is 28.1 Å². The van der Waals surface area contributed by atoms with E-state index < -0.39 is 11.6 Å². The number of nitriles is 2. The Balaban J connectivity index is 0.00000138. The number of carbonyl (C=O) groups excluding carboxylic acids is 4. The molecule has 12 rings (SSSR count). The zero-order valence-electron chi connectivity index (χ0n) is 71.9. The summed E-state index contributed by atoms with van der Waals surface area (Å²) < 4.78 is 44.5. The van der Waals surface area contributed by atoms with Crippen molar-refractivity contribution in [3.8, 4) is 11.5 Å². The van der Waals surface area contributed by atoms with Gasteiger partial charge in [0.1, 0.15) is 29.1 Å². The number of ether oxygens (including phenoxy) is 1. The predicted octanol–water partition coefficient (Wildman–Crippen LogP) is 22.9. The third-order valence-corrected chi connectivity index (χ3v) is 21.8. The van der Waals surface area contributed by atoms with Gasteiger partial charge in [-0.05, 0) is 210 Å². The summed E-state index contributed by atoms with van der Waals surface area (Å²) in [6.07, 6.45) is 32.2. The van der Waals surface area contributed by atoms with Gasteiger partial charge in [-0.1, -0.05) is 216 Å². The van der Waals surface area contributed by atoms with Crippen molar-refractivity contribution in [3.63, 3.8) is 0 Å². The number of halogens is 9. The Morgan fingerprint density at radius 1 is 0.654 bits per heavy atom. The van der Waals surface area contributed by atoms with Gasteiger partial charge in [-0.25, -0.2) is 28.1 Å². The minimum absolute atomic E-state index is 0. The molecule has 0 amide bonds. The fraction of sp³-hybridized carbons (Fsp3) is 0.394. The number of Topliss-reactive ketones (excluding diaryl/α,β-unsaturated/α-hetero) is 1. The third-order valence-electron chi connectivity index (χ3n) is 17.9. The number of ketones is 2. The van der Waals surface area contributed by atoms with Crippen LogP contribution in [0.1, 0.15) is 196 Å². The second-order valence-electron chi connectivity index (χ2n) is 27.3. The molecule has 690 valence electrons. The van der Waals surface area contributed by atoms with Gasteiger partial charge < -0.3 is 61.8 Å². The smallest absolute Gasteiger partial charge is 0.167 e. The highest BCUT2D eigenvalue weighted by atomic mass is 79.9. The molecule has 127 heavy (non-hydrogen) atoms. The summed E-state index contributed by atoms with van der Waals surface area (Å²) in [5, 5.41) is 59.4. The van der Waals surface area contributed by atoms with Crippen LogP contribution in [-0.2, 0) is 57.9 Å². The van der Waals surface area contributed by atoms with E-state index in [0.29, 0.717) is 107 Å². The number of aromatic amines is 2. The van der Waals surface area contributed by atoms with Crippen molar-refractivity contribution in [2.75, 3.05) is 46.1 Å². The second kappa shape index (κ2) is 75.3. The Labute approximate surface area is 801 Å². The number of benzene rings is 6. The number of H-pyrrole nitrogens is 2. The lowest BCUT2D eigenvalue weighted by Gasteiger charge is -2.19. The SMILES string of the molecule is C.CC#N.CCC1=CC(CC=O)CCC1.CCC1=CC(Cc2cnc[nH]2)CCC1.CCOC1=CC(=O)CCC1.Cc1cccc(CN=C=S)c1Cl.Cc1cccc(CNC(=S)NCCO)c1Cl.Fc1c(Cl)cccc1CBr.N#CSCc1cccc(Cl)c1F.NCCO.O=C1CCCc2ccccc21.O=Cc1cnc[nH]1.OCCNC(=S)NCc1cccc(Cl)c1F. The highest BCUT2D eigenvalue weighted by Crippen LogP contribution is 2.30. The van der Waals surface area contributed by atoms with Gasteiger partial charge in [0.05, 0.1) is 89.6 Å². The molecule has 4 aliphatic carbocycles. The topological polar surface area (TPSA) is 330 Å². The number of hydrogen-bond donors (Lipinski definition) is 10. The van der Waals surface area contributed by atoms with Gasteiger partial charge in [0.2, 0.25) is 0 Å². The van der Waals surface area contributed by atoms with E-state index in [1.54, 1.807) is 66.0 Å².